The fraction of sp³-hybridized carbons (Fsp3) is 0.136. The molecule has 186 valence electrons. The quantitative estimate of drug-likeness (QED) is 0.390. The van der Waals surface area contributed by atoms with Crippen LogP contribution < -0.4 is 10.1 Å². The fourth-order valence-corrected chi connectivity index (χ4v) is 4.36. The second kappa shape index (κ2) is 9.78. The number of amides is 1. The van der Waals surface area contributed by atoms with E-state index in [0.717, 1.165) is 42.5 Å². The molecule has 1 amide bonds. The van der Waals surface area contributed by atoms with E-state index in [2.05, 4.69) is 10.1 Å². The normalized spacial score (nSPS) is 12.3. The highest BCUT2D eigenvalue weighted by atomic mass is 35.5. The Hall–Kier alpha value is -3.25. The lowest BCUT2D eigenvalue weighted by Gasteiger charge is -2.12. The molecule has 3 aromatic carbocycles. The van der Waals surface area contributed by atoms with E-state index in [0.29, 0.717) is 11.6 Å². The Bertz CT molecular complexity index is 1340. The van der Waals surface area contributed by atoms with Crippen molar-refractivity contribution in [2.75, 3.05) is 0 Å². The van der Waals surface area contributed by atoms with Crippen LogP contribution in [0.5, 0.6) is 5.75 Å². The molecular weight excluding hydrogens is 524 g/mol. The summed E-state index contributed by atoms with van der Waals surface area (Å²) in [6.45, 7) is -0.124. The van der Waals surface area contributed by atoms with Gasteiger partial charge in [0.25, 0.3) is 5.91 Å². The number of benzene rings is 3. The SMILES string of the molecule is O=C(NCc1ccc(S(=O)(=O)c2cccc(C(F)(F)F)c2)cc1)c1ccc(Cl)c(OC(F)(F)F)c1. The van der Waals surface area contributed by atoms with Crippen LogP contribution >= 0.6 is 11.6 Å². The molecule has 0 saturated heterocycles. The maximum Gasteiger partial charge on any atom is 0.573 e. The molecule has 0 radical (unpaired) electrons. The third-order valence-corrected chi connectivity index (χ3v) is 6.66. The molecule has 13 heteroatoms. The van der Waals surface area contributed by atoms with E-state index < -0.39 is 44.5 Å². The van der Waals surface area contributed by atoms with Crippen molar-refractivity contribution in [3.8, 4) is 5.75 Å². The van der Waals surface area contributed by atoms with Crippen LogP contribution in [0.2, 0.25) is 5.02 Å². The molecule has 0 atom stereocenters. The molecule has 0 aliphatic carbocycles. The number of hydrogen-bond donors (Lipinski definition) is 1. The Balaban J connectivity index is 1.71. The van der Waals surface area contributed by atoms with Crippen LogP contribution in [0.15, 0.2) is 76.5 Å². The Labute approximate surface area is 200 Å². The smallest absolute Gasteiger partial charge is 0.404 e. The zero-order chi connectivity index (χ0) is 26.0. The van der Waals surface area contributed by atoms with Crippen LogP contribution in [0.25, 0.3) is 0 Å². The van der Waals surface area contributed by atoms with E-state index in [1.807, 2.05) is 0 Å². The molecule has 0 aliphatic rings. The third kappa shape index (κ3) is 6.67. The first-order valence-electron chi connectivity index (χ1n) is 9.51. The number of ether oxygens (including phenoxy) is 1. The molecule has 0 fully saturated rings. The third-order valence-electron chi connectivity index (χ3n) is 4.58. The Morgan fingerprint density at radius 3 is 2.14 bits per heavy atom. The van der Waals surface area contributed by atoms with Gasteiger partial charge in [0.2, 0.25) is 9.84 Å². The molecular formula is C22H14ClF6NO4S. The van der Waals surface area contributed by atoms with E-state index in [9.17, 15) is 39.6 Å². The molecule has 0 heterocycles. The van der Waals surface area contributed by atoms with Gasteiger partial charge in [-0.15, -0.1) is 13.2 Å². The summed E-state index contributed by atoms with van der Waals surface area (Å²) in [5.41, 5.74) is -0.858. The number of carbonyl (C=O) groups excluding carboxylic acids is 1. The molecule has 0 spiro atoms. The van der Waals surface area contributed by atoms with Gasteiger partial charge < -0.3 is 10.1 Å². The number of carbonyl (C=O) groups is 1. The van der Waals surface area contributed by atoms with Gasteiger partial charge in [0, 0.05) is 12.1 Å². The van der Waals surface area contributed by atoms with E-state index >= 15 is 0 Å². The maximum absolute atomic E-state index is 12.9. The average Bonchev–Trinajstić information content (AvgIpc) is 2.78. The van der Waals surface area contributed by atoms with Gasteiger partial charge in [-0.2, -0.15) is 13.2 Å². The van der Waals surface area contributed by atoms with Crippen LogP contribution in [0.3, 0.4) is 0 Å². The fourth-order valence-electron chi connectivity index (χ4n) is 2.89. The molecule has 0 unspecified atom stereocenters. The van der Waals surface area contributed by atoms with Gasteiger partial charge in [0.15, 0.2) is 0 Å². The van der Waals surface area contributed by atoms with Crippen molar-refractivity contribution in [1.82, 2.24) is 5.32 Å². The zero-order valence-corrected chi connectivity index (χ0v) is 18.8. The number of nitrogens with one attached hydrogen (secondary N) is 1. The lowest BCUT2D eigenvalue weighted by Crippen LogP contribution is -2.23. The van der Waals surface area contributed by atoms with Crippen LogP contribution in [-0.2, 0) is 22.6 Å². The minimum Gasteiger partial charge on any atom is -0.404 e. The van der Waals surface area contributed by atoms with Crippen LogP contribution in [0.4, 0.5) is 26.3 Å². The van der Waals surface area contributed by atoms with E-state index in [-0.39, 0.29) is 22.0 Å². The molecule has 3 rings (SSSR count). The predicted molar refractivity (Wildman–Crippen MR) is 113 cm³/mol. The van der Waals surface area contributed by atoms with Gasteiger partial charge >= 0.3 is 12.5 Å². The largest absolute Gasteiger partial charge is 0.573 e. The standard InChI is InChI=1S/C22H14ClF6NO4S/c23-18-9-6-14(10-19(18)34-22(27,28)29)20(31)30-12-13-4-7-16(8-5-13)35(32,33)17-3-1-2-15(11-17)21(24,25)26/h1-11H,12H2,(H,30,31). The summed E-state index contributed by atoms with van der Waals surface area (Å²) in [6.07, 6.45) is -9.72. The first kappa shape index (κ1) is 26.4. The topological polar surface area (TPSA) is 72.5 Å². The zero-order valence-electron chi connectivity index (χ0n) is 17.2. The van der Waals surface area contributed by atoms with Gasteiger partial charge in [-0.05, 0) is 54.1 Å². The summed E-state index contributed by atoms with van der Waals surface area (Å²) in [5, 5.41) is 2.09. The van der Waals surface area contributed by atoms with Crippen molar-refractivity contribution in [2.45, 2.75) is 28.9 Å². The van der Waals surface area contributed by atoms with Crippen molar-refractivity contribution in [1.29, 1.82) is 0 Å². The first-order chi connectivity index (χ1) is 16.2. The highest BCUT2D eigenvalue weighted by molar-refractivity contribution is 7.91. The molecule has 5 nitrogen and oxygen atoms in total. The van der Waals surface area contributed by atoms with Gasteiger partial charge in [0.05, 0.1) is 20.4 Å². The number of alkyl halides is 6. The number of sulfone groups is 1. The summed E-state index contributed by atoms with van der Waals surface area (Å²) in [5.74, 6) is -1.51. The molecule has 0 aromatic heterocycles. The first-order valence-corrected chi connectivity index (χ1v) is 11.4. The van der Waals surface area contributed by atoms with Crippen molar-refractivity contribution in [3.05, 3.63) is 88.4 Å². The molecule has 0 aliphatic heterocycles. The van der Waals surface area contributed by atoms with Crippen molar-refractivity contribution < 1.29 is 44.3 Å². The van der Waals surface area contributed by atoms with Gasteiger partial charge in [0.1, 0.15) is 5.75 Å². The lowest BCUT2D eigenvalue weighted by atomic mass is 10.2. The molecule has 0 saturated carbocycles. The highest BCUT2D eigenvalue weighted by Gasteiger charge is 2.33. The van der Waals surface area contributed by atoms with E-state index in [1.165, 1.54) is 18.2 Å². The van der Waals surface area contributed by atoms with Crippen LogP contribution in [-0.4, -0.2) is 20.7 Å². The molecule has 1 N–H and O–H groups in total. The summed E-state index contributed by atoms with van der Waals surface area (Å²) in [6, 6.07) is 11.4. The van der Waals surface area contributed by atoms with Crippen LogP contribution in [0, 0.1) is 0 Å². The second-order valence-corrected chi connectivity index (χ2v) is 9.41. The van der Waals surface area contributed by atoms with Crippen molar-refractivity contribution in [3.63, 3.8) is 0 Å². The Morgan fingerprint density at radius 2 is 1.54 bits per heavy atom. The molecule has 0 bridgehead atoms. The monoisotopic (exact) mass is 537 g/mol. The summed E-state index contributed by atoms with van der Waals surface area (Å²) in [7, 11) is -4.24. The number of halogens is 7. The van der Waals surface area contributed by atoms with E-state index in [4.69, 9.17) is 11.6 Å². The summed E-state index contributed by atoms with van der Waals surface area (Å²) in [4.78, 5) is 11.5. The van der Waals surface area contributed by atoms with Gasteiger partial charge in [-0.25, -0.2) is 8.42 Å². The Kier molecular flexibility index (Phi) is 7.37. The minimum absolute atomic E-state index is 0.124. The number of hydrogen-bond acceptors (Lipinski definition) is 4. The van der Waals surface area contributed by atoms with Crippen molar-refractivity contribution >= 4 is 27.3 Å². The van der Waals surface area contributed by atoms with Gasteiger partial charge in [-0.3, -0.25) is 4.79 Å². The maximum atomic E-state index is 12.9. The highest BCUT2D eigenvalue weighted by Crippen LogP contribution is 2.32. The number of rotatable bonds is 6. The van der Waals surface area contributed by atoms with E-state index in [1.54, 1.807) is 0 Å². The molecule has 35 heavy (non-hydrogen) atoms. The molecule has 3 aromatic rings. The van der Waals surface area contributed by atoms with Gasteiger partial charge in [-0.1, -0.05) is 29.8 Å². The van der Waals surface area contributed by atoms with Crippen LogP contribution in [0.1, 0.15) is 21.5 Å². The minimum atomic E-state index is -5.01. The summed E-state index contributed by atoms with van der Waals surface area (Å²) >= 11 is 5.65. The van der Waals surface area contributed by atoms with Crippen molar-refractivity contribution in [2.24, 2.45) is 0 Å². The summed E-state index contributed by atoms with van der Waals surface area (Å²) < 4.78 is 105. The lowest BCUT2D eigenvalue weighted by molar-refractivity contribution is -0.274. The second-order valence-electron chi connectivity index (χ2n) is 7.05. The predicted octanol–water partition coefficient (Wildman–Crippen LogP) is 6.02. The average molecular weight is 538 g/mol. The Morgan fingerprint density at radius 1 is 0.886 bits per heavy atom.